The van der Waals surface area contributed by atoms with Crippen LogP contribution in [0.25, 0.3) is 11.3 Å². The molecule has 2 aromatic heterocycles. The third-order valence-corrected chi connectivity index (χ3v) is 2.65. The van der Waals surface area contributed by atoms with E-state index in [1.807, 2.05) is 18.2 Å². The molecule has 0 fully saturated rings. The Morgan fingerprint density at radius 2 is 2.00 bits per heavy atom. The lowest BCUT2D eigenvalue weighted by Crippen LogP contribution is -2.20. The van der Waals surface area contributed by atoms with E-state index in [0.29, 0.717) is 12.4 Å². The molecule has 0 saturated carbocycles. The molecule has 0 aliphatic rings. The average molecular weight is 258 g/mol. The second kappa shape index (κ2) is 5.90. The van der Waals surface area contributed by atoms with Crippen molar-refractivity contribution >= 4 is 11.8 Å². The van der Waals surface area contributed by atoms with Crippen LogP contribution in [0.2, 0.25) is 0 Å². The smallest absolute Gasteiger partial charge is 0.308 e. The average Bonchev–Trinajstić information content (AvgIpc) is 2.46. The second-order valence-electron chi connectivity index (χ2n) is 4.16. The minimum Gasteiger partial charge on any atom is -0.481 e. The Morgan fingerprint density at radius 1 is 1.26 bits per heavy atom. The van der Waals surface area contributed by atoms with Gasteiger partial charge in [0.25, 0.3) is 0 Å². The largest absolute Gasteiger partial charge is 0.481 e. The van der Waals surface area contributed by atoms with Crippen LogP contribution >= 0.6 is 0 Å². The monoisotopic (exact) mass is 258 g/mol. The fourth-order valence-electron chi connectivity index (χ4n) is 1.45. The van der Waals surface area contributed by atoms with Gasteiger partial charge in [-0.1, -0.05) is 6.92 Å². The zero-order valence-corrected chi connectivity index (χ0v) is 10.4. The highest BCUT2D eigenvalue weighted by Crippen LogP contribution is 2.15. The molecule has 0 amide bonds. The van der Waals surface area contributed by atoms with Gasteiger partial charge in [0.15, 0.2) is 0 Å². The lowest BCUT2D eigenvalue weighted by molar-refractivity contribution is -0.140. The summed E-state index contributed by atoms with van der Waals surface area (Å²) in [6.07, 6.45) is 3.38. The van der Waals surface area contributed by atoms with Crippen molar-refractivity contribution in [1.29, 1.82) is 0 Å². The Kier molecular flexibility index (Phi) is 4.02. The summed E-state index contributed by atoms with van der Waals surface area (Å²) in [6.45, 7) is 1.95. The van der Waals surface area contributed by atoms with E-state index in [1.54, 1.807) is 25.4 Å². The normalized spacial score (nSPS) is 11.8. The van der Waals surface area contributed by atoms with E-state index in [9.17, 15) is 4.79 Å². The van der Waals surface area contributed by atoms with Crippen molar-refractivity contribution in [2.24, 2.45) is 5.92 Å². The molecule has 6 heteroatoms. The van der Waals surface area contributed by atoms with Crippen molar-refractivity contribution in [3.63, 3.8) is 0 Å². The first kappa shape index (κ1) is 12.9. The van der Waals surface area contributed by atoms with Crippen LogP contribution in [-0.4, -0.2) is 32.8 Å². The predicted molar refractivity (Wildman–Crippen MR) is 70.6 cm³/mol. The summed E-state index contributed by atoms with van der Waals surface area (Å²) in [7, 11) is 0. The van der Waals surface area contributed by atoms with Gasteiger partial charge in [-0.3, -0.25) is 9.78 Å². The summed E-state index contributed by atoms with van der Waals surface area (Å²) in [5.74, 6) is -0.749. The highest BCUT2D eigenvalue weighted by atomic mass is 16.4. The van der Waals surface area contributed by atoms with E-state index in [1.165, 1.54) is 0 Å². The van der Waals surface area contributed by atoms with Crippen LogP contribution in [0, 0.1) is 5.92 Å². The number of aromatic nitrogens is 3. The summed E-state index contributed by atoms with van der Waals surface area (Å²) < 4.78 is 0. The molecule has 0 radical (unpaired) electrons. The summed E-state index contributed by atoms with van der Waals surface area (Å²) >= 11 is 0. The lowest BCUT2D eigenvalue weighted by atomic mass is 10.2. The molecule has 0 bridgehead atoms. The summed E-state index contributed by atoms with van der Waals surface area (Å²) in [4.78, 5) is 14.6. The number of aliphatic carboxylic acids is 1. The molecule has 2 N–H and O–H groups in total. The molecule has 19 heavy (non-hydrogen) atoms. The van der Waals surface area contributed by atoms with Crippen molar-refractivity contribution in [3.8, 4) is 11.3 Å². The zero-order valence-electron chi connectivity index (χ0n) is 10.4. The van der Waals surface area contributed by atoms with Crippen molar-refractivity contribution < 1.29 is 9.90 Å². The molecule has 0 saturated heterocycles. The maximum atomic E-state index is 10.7. The quantitative estimate of drug-likeness (QED) is 0.848. The van der Waals surface area contributed by atoms with Crippen LogP contribution < -0.4 is 5.32 Å². The molecule has 1 unspecified atom stereocenters. The van der Waals surface area contributed by atoms with E-state index >= 15 is 0 Å². The Balaban J connectivity index is 2.01. The molecule has 6 nitrogen and oxygen atoms in total. The molecule has 1 atom stereocenters. The summed E-state index contributed by atoms with van der Waals surface area (Å²) in [6, 6.07) is 7.31. The number of carboxylic acids is 1. The Hall–Kier alpha value is -2.50. The number of rotatable bonds is 5. The van der Waals surface area contributed by atoms with Crippen molar-refractivity contribution in [2.45, 2.75) is 6.92 Å². The van der Waals surface area contributed by atoms with Crippen molar-refractivity contribution in [2.75, 3.05) is 11.9 Å². The number of carboxylic acid groups (broad SMARTS) is 1. The second-order valence-corrected chi connectivity index (χ2v) is 4.16. The van der Waals surface area contributed by atoms with E-state index in [0.717, 1.165) is 11.3 Å². The minimum atomic E-state index is -0.839. The van der Waals surface area contributed by atoms with Crippen LogP contribution in [0.1, 0.15) is 6.92 Å². The van der Waals surface area contributed by atoms with Gasteiger partial charge in [-0.2, -0.15) is 0 Å². The zero-order chi connectivity index (χ0) is 13.7. The van der Waals surface area contributed by atoms with Gasteiger partial charge in [-0.25, -0.2) is 0 Å². The van der Waals surface area contributed by atoms with E-state index in [2.05, 4.69) is 20.5 Å². The molecule has 0 spiro atoms. The molecule has 98 valence electrons. The van der Waals surface area contributed by atoms with Crippen LogP contribution in [0.4, 0.5) is 5.82 Å². The van der Waals surface area contributed by atoms with Gasteiger partial charge in [0.05, 0.1) is 11.6 Å². The lowest BCUT2D eigenvalue weighted by Gasteiger charge is -2.08. The minimum absolute atomic E-state index is 0.318. The molecule has 0 aliphatic heterocycles. The molecular formula is C13H14N4O2. The van der Waals surface area contributed by atoms with Gasteiger partial charge in [-0.15, -0.1) is 10.2 Å². The maximum absolute atomic E-state index is 10.7. The maximum Gasteiger partial charge on any atom is 0.308 e. The van der Waals surface area contributed by atoms with Gasteiger partial charge in [0, 0.05) is 24.5 Å². The molecule has 2 aromatic rings. The number of carbonyl (C=O) groups is 1. The van der Waals surface area contributed by atoms with E-state index < -0.39 is 11.9 Å². The van der Waals surface area contributed by atoms with E-state index in [-0.39, 0.29) is 0 Å². The Labute approximate surface area is 110 Å². The Morgan fingerprint density at radius 3 is 2.58 bits per heavy atom. The van der Waals surface area contributed by atoms with Crippen LogP contribution in [0.5, 0.6) is 0 Å². The van der Waals surface area contributed by atoms with Crippen LogP contribution in [-0.2, 0) is 4.79 Å². The van der Waals surface area contributed by atoms with Gasteiger partial charge in [0.2, 0.25) is 0 Å². The predicted octanol–water partition coefficient (Wildman–Crippen LogP) is 1.67. The number of nitrogens with one attached hydrogen (secondary N) is 1. The highest BCUT2D eigenvalue weighted by molar-refractivity contribution is 5.70. The number of nitrogens with zero attached hydrogens (tertiary/aromatic N) is 3. The third-order valence-electron chi connectivity index (χ3n) is 2.65. The number of pyridine rings is 1. The topological polar surface area (TPSA) is 88.0 Å². The number of hydrogen-bond donors (Lipinski definition) is 2. The molecule has 0 aromatic carbocycles. The molecule has 2 heterocycles. The van der Waals surface area contributed by atoms with Gasteiger partial charge < -0.3 is 10.4 Å². The fraction of sp³-hybridized carbons (Fsp3) is 0.231. The van der Waals surface area contributed by atoms with Gasteiger partial charge in [-0.05, 0) is 24.3 Å². The Bertz CT molecular complexity index is 542. The number of anilines is 1. The first-order valence-corrected chi connectivity index (χ1v) is 5.87. The molecular weight excluding hydrogens is 244 g/mol. The van der Waals surface area contributed by atoms with Crippen LogP contribution in [0.3, 0.4) is 0 Å². The first-order chi connectivity index (χ1) is 9.16. The standard InChI is InChI=1S/C13H14N4O2/c1-9(13(18)19)8-15-12-3-2-11(16-17-12)10-4-6-14-7-5-10/h2-7,9H,8H2,1H3,(H,15,17)(H,18,19). The van der Waals surface area contributed by atoms with E-state index in [4.69, 9.17) is 5.11 Å². The molecule has 2 rings (SSSR count). The number of hydrogen-bond acceptors (Lipinski definition) is 5. The highest BCUT2D eigenvalue weighted by Gasteiger charge is 2.10. The third kappa shape index (κ3) is 3.48. The van der Waals surface area contributed by atoms with Gasteiger partial charge >= 0.3 is 5.97 Å². The summed E-state index contributed by atoms with van der Waals surface area (Å²) in [5, 5.41) is 19.8. The first-order valence-electron chi connectivity index (χ1n) is 5.87. The summed E-state index contributed by atoms with van der Waals surface area (Å²) in [5.41, 5.74) is 1.69. The SMILES string of the molecule is CC(CNc1ccc(-c2ccncc2)nn1)C(=O)O. The molecule has 0 aliphatic carbocycles. The van der Waals surface area contributed by atoms with Crippen molar-refractivity contribution in [3.05, 3.63) is 36.7 Å². The van der Waals surface area contributed by atoms with Gasteiger partial charge in [0.1, 0.15) is 5.82 Å². The van der Waals surface area contributed by atoms with Crippen LogP contribution in [0.15, 0.2) is 36.7 Å². The van der Waals surface area contributed by atoms with Crippen molar-refractivity contribution in [1.82, 2.24) is 15.2 Å². The fourth-order valence-corrected chi connectivity index (χ4v) is 1.45.